The summed E-state index contributed by atoms with van der Waals surface area (Å²) in [7, 11) is -3.78. The Morgan fingerprint density at radius 1 is 1.09 bits per heavy atom. The third kappa shape index (κ3) is 4.28. The van der Waals surface area contributed by atoms with Crippen LogP contribution in [0.1, 0.15) is 55.4 Å². The van der Waals surface area contributed by atoms with Crippen LogP contribution < -0.4 is 5.14 Å². The lowest BCUT2D eigenvalue weighted by Gasteiger charge is -2.12. The van der Waals surface area contributed by atoms with Crippen LogP contribution in [0.5, 0.6) is 0 Å². The van der Waals surface area contributed by atoms with Crippen molar-refractivity contribution in [2.75, 3.05) is 6.61 Å². The molecule has 2 N–H and O–H groups in total. The monoisotopic (exact) mass is 472 g/mol. The second-order valence-corrected chi connectivity index (χ2v) is 10.4. The van der Waals surface area contributed by atoms with Crippen molar-refractivity contribution in [1.82, 2.24) is 4.57 Å². The van der Waals surface area contributed by atoms with Gasteiger partial charge in [-0.2, -0.15) is 0 Å². The van der Waals surface area contributed by atoms with Crippen molar-refractivity contribution in [3.8, 4) is 5.69 Å². The first kappa shape index (κ1) is 22.4. The molecule has 32 heavy (non-hydrogen) atoms. The number of primary sulfonamides is 1. The Hall–Kier alpha value is -2.75. The van der Waals surface area contributed by atoms with E-state index in [1.165, 1.54) is 17.0 Å². The van der Waals surface area contributed by atoms with Crippen LogP contribution in [-0.4, -0.2) is 31.3 Å². The molecule has 0 bridgehead atoms. The third-order valence-electron chi connectivity index (χ3n) is 5.77. The molecule has 0 radical (unpaired) electrons. The van der Waals surface area contributed by atoms with Gasteiger partial charge in [0.1, 0.15) is 0 Å². The lowest BCUT2D eigenvalue weighted by atomic mass is 9.96. The van der Waals surface area contributed by atoms with E-state index in [2.05, 4.69) is 0 Å². The molecule has 0 amide bonds. The molecule has 1 aliphatic carbocycles. The Bertz CT molecular complexity index is 1300. The Labute approximate surface area is 190 Å². The summed E-state index contributed by atoms with van der Waals surface area (Å²) in [5.74, 6) is -0.743. The van der Waals surface area contributed by atoms with E-state index in [0.29, 0.717) is 22.5 Å². The fourth-order valence-corrected chi connectivity index (χ4v) is 5.81. The van der Waals surface area contributed by atoms with Crippen LogP contribution >= 0.6 is 11.3 Å². The van der Waals surface area contributed by atoms with E-state index >= 15 is 0 Å². The molecule has 0 fully saturated rings. The zero-order valence-corrected chi connectivity index (χ0v) is 19.5. The first-order valence-corrected chi connectivity index (χ1v) is 12.7. The van der Waals surface area contributed by atoms with Crippen molar-refractivity contribution < 1.29 is 22.7 Å². The Morgan fingerprint density at radius 2 is 1.78 bits per heavy atom. The van der Waals surface area contributed by atoms with E-state index in [4.69, 9.17) is 9.88 Å². The van der Waals surface area contributed by atoms with Gasteiger partial charge in [-0.05, 0) is 75.4 Å². The van der Waals surface area contributed by atoms with Crippen LogP contribution in [0.2, 0.25) is 0 Å². The van der Waals surface area contributed by atoms with Gasteiger partial charge < -0.3 is 9.30 Å². The molecular weight excluding hydrogens is 448 g/mol. The second-order valence-electron chi connectivity index (χ2n) is 7.92. The normalized spacial score (nSPS) is 13.6. The number of carbonyl (C=O) groups is 2. The number of ether oxygens (including phenoxy) is 1. The second kappa shape index (κ2) is 8.65. The molecule has 168 valence electrons. The van der Waals surface area contributed by atoms with Crippen molar-refractivity contribution in [2.45, 2.75) is 44.4 Å². The van der Waals surface area contributed by atoms with E-state index in [9.17, 15) is 18.0 Å². The summed E-state index contributed by atoms with van der Waals surface area (Å²) in [6, 6.07) is 7.86. The quantitative estimate of drug-likeness (QED) is 0.434. The maximum atomic E-state index is 12.8. The van der Waals surface area contributed by atoms with Gasteiger partial charge >= 0.3 is 5.97 Å². The number of aryl methyl sites for hydroxylation is 2. The van der Waals surface area contributed by atoms with Crippen LogP contribution in [0, 0.1) is 13.8 Å². The number of thiophene rings is 1. The molecule has 1 aliphatic rings. The highest BCUT2D eigenvalue weighted by Gasteiger charge is 2.23. The summed E-state index contributed by atoms with van der Waals surface area (Å²) < 4.78 is 30.2. The van der Waals surface area contributed by atoms with Gasteiger partial charge in [0.15, 0.2) is 6.61 Å². The molecule has 0 unspecified atom stereocenters. The van der Waals surface area contributed by atoms with Crippen molar-refractivity contribution in [2.24, 2.45) is 5.14 Å². The van der Waals surface area contributed by atoms with E-state index in [1.807, 2.05) is 16.9 Å². The zero-order chi connectivity index (χ0) is 23.0. The first-order valence-electron chi connectivity index (χ1n) is 10.3. The molecule has 3 aromatic rings. The van der Waals surface area contributed by atoms with Crippen LogP contribution in [-0.2, 0) is 27.6 Å². The smallest absolute Gasteiger partial charge is 0.339 e. The van der Waals surface area contributed by atoms with E-state index in [0.717, 1.165) is 36.9 Å². The molecule has 0 atom stereocenters. The predicted molar refractivity (Wildman–Crippen MR) is 122 cm³/mol. The highest BCUT2D eigenvalue weighted by Crippen LogP contribution is 2.30. The summed E-state index contributed by atoms with van der Waals surface area (Å²) in [5.41, 5.74) is 4.29. The molecule has 0 spiro atoms. The Kier molecular flexibility index (Phi) is 6.07. The van der Waals surface area contributed by atoms with E-state index < -0.39 is 16.0 Å². The number of Topliss-reactive ketones (excluding diaryl/α,β-unsaturated/α-hetero) is 1. The largest absolute Gasteiger partial charge is 0.454 e. The average Bonchev–Trinajstić information content (AvgIpc) is 3.32. The minimum atomic E-state index is -3.78. The fourth-order valence-electron chi connectivity index (χ4n) is 4.18. The number of sulfonamides is 1. The highest BCUT2D eigenvalue weighted by molar-refractivity contribution is 7.89. The topological polar surface area (TPSA) is 108 Å². The summed E-state index contributed by atoms with van der Waals surface area (Å²) >= 11 is 1.58. The van der Waals surface area contributed by atoms with E-state index in [-0.39, 0.29) is 17.3 Å². The zero-order valence-electron chi connectivity index (χ0n) is 17.9. The lowest BCUT2D eigenvalue weighted by molar-refractivity contribution is 0.0474. The summed E-state index contributed by atoms with van der Waals surface area (Å²) in [6.07, 6.45) is 4.08. The van der Waals surface area contributed by atoms with Gasteiger partial charge in [0.2, 0.25) is 15.8 Å². The molecule has 0 saturated heterocycles. The molecule has 4 rings (SSSR count). The number of nitrogens with two attached hydrogens (primary N) is 1. The molecule has 9 heteroatoms. The van der Waals surface area contributed by atoms with Gasteiger partial charge in [0.25, 0.3) is 0 Å². The minimum absolute atomic E-state index is 0.0162. The van der Waals surface area contributed by atoms with Gasteiger partial charge in [-0.25, -0.2) is 18.4 Å². The van der Waals surface area contributed by atoms with Crippen molar-refractivity contribution in [3.05, 3.63) is 68.7 Å². The van der Waals surface area contributed by atoms with Crippen LogP contribution in [0.25, 0.3) is 5.69 Å². The summed E-state index contributed by atoms with van der Waals surface area (Å²) in [4.78, 5) is 26.7. The van der Waals surface area contributed by atoms with Crippen LogP contribution in [0.15, 0.2) is 40.6 Å². The van der Waals surface area contributed by atoms with Gasteiger partial charge in [0, 0.05) is 32.9 Å². The number of carbonyl (C=O) groups excluding carboxylic acids is 2. The number of hydrogen-bond donors (Lipinski definition) is 1. The molecule has 7 nitrogen and oxygen atoms in total. The number of rotatable bonds is 6. The number of hydrogen-bond acceptors (Lipinski definition) is 6. The predicted octanol–water partition coefficient (Wildman–Crippen LogP) is 3.72. The number of nitrogens with zero attached hydrogens (tertiary/aromatic N) is 1. The third-order valence-corrected chi connectivity index (χ3v) is 7.79. The molecule has 2 aromatic heterocycles. The average molecular weight is 473 g/mol. The van der Waals surface area contributed by atoms with Gasteiger partial charge in [-0.15, -0.1) is 11.3 Å². The first-order chi connectivity index (χ1) is 15.2. The number of ketones is 1. The molecular formula is C23H24N2O5S2. The van der Waals surface area contributed by atoms with Crippen molar-refractivity contribution in [1.29, 1.82) is 0 Å². The summed E-state index contributed by atoms with van der Waals surface area (Å²) in [5, 5.41) is 6.99. The van der Waals surface area contributed by atoms with Gasteiger partial charge in [-0.1, -0.05) is 0 Å². The molecule has 2 heterocycles. The summed E-state index contributed by atoms with van der Waals surface area (Å²) in [6.45, 7) is 3.31. The van der Waals surface area contributed by atoms with Crippen molar-refractivity contribution >= 4 is 33.1 Å². The highest BCUT2D eigenvalue weighted by atomic mass is 32.2. The van der Waals surface area contributed by atoms with Crippen molar-refractivity contribution in [3.63, 3.8) is 0 Å². The standard InChI is InChI=1S/C23H24N2O5S2/c1-14-11-19(15(2)25(14)16-7-9-17(10-8-16)32(24,28)29)21(26)12-30-23(27)20-13-31-22-6-4-3-5-18(20)22/h7-11,13H,3-6,12H2,1-2H3,(H2,24,28,29). The molecule has 1 aromatic carbocycles. The van der Waals surface area contributed by atoms with Gasteiger partial charge in [-0.3, -0.25) is 4.79 Å². The Balaban J connectivity index is 1.50. The maximum Gasteiger partial charge on any atom is 0.339 e. The Morgan fingerprint density at radius 3 is 2.47 bits per heavy atom. The van der Waals surface area contributed by atoms with Gasteiger partial charge in [0.05, 0.1) is 10.5 Å². The number of fused-ring (bicyclic) bond motifs is 1. The van der Waals surface area contributed by atoms with Crippen LogP contribution in [0.4, 0.5) is 0 Å². The number of esters is 1. The van der Waals surface area contributed by atoms with Crippen LogP contribution in [0.3, 0.4) is 0 Å². The number of benzene rings is 1. The molecule has 0 saturated carbocycles. The SMILES string of the molecule is Cc1cc(C(=O)COC(=O)c2csc3c2CCCC3)c(C)n1-c1ccc(S(N)(=O)=O)cc1. The number of aromatic nitrogens is 1. The van der Waals surface area contributed by atoms with E-state index in [1.54, 1.807) is 36.5 Å². The maximum absolute atomic E-state index is 12.8. The minimum Gasteiger partial charge on any atom is -0.454 e. The fraction of sp³-hybridized carbons (Fsp3) is 0.304. The lowest BCUT2D eigenvalue weighted by Crippen LogP contribution is -2.16. The molecule has 0 aliphatic heterocycles.